The molecule has 7 aromatic carbocycles. The van der Waals surface area contributed by atoms with Crippen LogP contribution < -0.4 is 30.9 Å². The number of ether oxygens (including phenoxy) is 1. The molecule has 6 heteroatoms. The first-order chi connectivity index (χ1) is 31.5. The molecule has 4 nitrogen and oxygen atoms in total. The van der Waals surface area contributed by atoms with E-state index in [4.69, 9.17) is 4.74 Å². The second-order valence-electron chi connectivity index (χ2n) is 18.1. The van der Waals surface area contributed by atoms with E-state index in [0.29, 0.717) is 5.75 Å². The van der Waals surface area contributed by atoms with Crippen LogP contribution in [0.4, 0.5) is 0 Å². The quantitative estimate of drug-likeness (QED) is 0.122. The zero-order valence-electron chi connectivity index (χ0n) is 40.8. The molecule has 1 N–H and O–H groups in total. The van der Waals surface area contributed by atoms with Crippen molar-refractivity contribution in [3.8, 4) is 33.8 Å². The molecule has 1 aromatic heterocycles. The Hall–Kier alpha value is -5.79. The molecular weight excluding hydrogens is 908 g/mol. The van der Waals surface area contributed by atoms with Crippen LogP contribution in [0.5, 0.6) is 11.5 Å². The van der Waals surface area contributed by atoms with E-state index in [-0.39, 0.29) is 5.54 Å². The van der Waals surface area contributed by atoms with Crippen molar-refractivity contribution in [3.63, 3.8) is 0 Å². The van der Waals surface area contributed by atoms with Gasteiger partial charge >= 0.3 is 99.6 Å². The van der Waals surface area contributed by atoms with E-state index in [0.717, 1.165) is 45.0 Å². The first-order valence-corrected chi connectivity index (χ1v) is 26.4. The van der Waals surface area contributed by atoms with Crippen LogP contribution in [0.1, 0.15) is 71.1 Å². The van der Waals surface area contributed by atoms with Crippen molar-refractivity contribution in [2.24, 2.45) is 3.50 Å². The number of aromatic hydroxyl groups is 1. The smallest absolute Gasteiger partial charge is 0.144 e. The minimum atomic E-state index is -2.41. The van der Waals surface area contributed by atoms with Crippen LogP contribution in [0.25, 0.3) is 22.3 Å². The molecule has 0 atom stereocenters. The Kier molecular flexibility index (Phi) is 16.6. The molecule has 0 radical (unpaired) electrons. The molecule has 0 unspecified atom stereocenters. The van der Waals surface area contributed by atoms with Gasteiger partial charge in [-0.25, -0.2) is 0 Å². The van der Waals surface area contributed by atoms with Gasteiger partial charge in [-0.15, -0.1) is 0 Å². The first kappa shape index (κ1) is 49.6. The third-order valence-corrected chi connectivity index (χ3v) is 18.1. The molecule has 338 valence electrons. The van der Waals surface area contributed by atoms with Crippen LogP contribution in [-0.4, -0.2) is 22.2 Å². The summed E-state index contributed by atoms with van der Waals surface area (Å²) in [6.45, 7) is 23.3. The Balaban J connectivity index is 0.000000268. The first-order valence-electron chi connectivity index (χ1n) is 22.5. The van der Waals surface area contributed by atoms with E-state index in [1.165, 1.54) is 54.6 Å². The summed E-state index contributed by atoms with van der Waals surface area (Å²) in [5, 5.41) is 17.4. The third kappa shape index (κ3) is 11.8. The Labute approximate surface area is 403 Å². The molecule has 0 fully saturated rings. The maximum atomic E-state index is 12.3. The van der Waals surface area contributed by atoms with Gasteiger partial charge in [0.25, 0.3) is 0 Å². The van der Waals surface area contributed by atoms with Crippen LogP contribution in [-0.2, 0) is 17.9 Å². The molecule has 1 heterocycles. The fraction of sp³-hybridized carbons (Fsp3) is 0.217. The maximum absolute atomic E-state index is 12.3. The number of aromatic nitrogens is 1. The summed E-state index contributed by atoms with van der Waals surface area (Å²) < 4.78 is 12.1. The fourth-order valence-corrected chi connectivity index (χ4v) is 14.8. The number of methoxy groups -OCH3 is 1. The van der Waals surface area contributed by atoms with Crippen LogP contribution in [0.2, 0.25) is 0 Å². The maximum Gasteiger partial charge on any atom is 0.144 e. The van der Waals surface area contributed by atoms with E-state index in [2.05, 4.69) is 209 Å². The number of hydrogen-bond donors (Lipinski definition) is 1. The summed E-state index contributed by atoms with van der Waals surface area (Å²) in [6, 6.07) is 58.5. The number of hydrogen-bond acceptors (Lipinski definition) is 3. The molecule has 0 aliphatic rings. The second-order valence-corrected chi connectivity index (χ2v) is 23.0. The largest absolute Gasteiger partial charge is 0.665 e. The molecular formula is C60H65MoN2O2P. The van der Waals surface area contributed by atoms with E-state index in [1.807, 2.05) is 44.2 Å². The second kappa shape index (κ2) is 22.1. The average Bonchev–Trinajstić information content (AvgIpc) is 3.67. The molecule has 0 aliphatic heterocycles. The average molecular weight is 973 g/mol. The zero-order valence-corrected chi connectivity index (χ0v) is 43.7. The van der Waals surface area contributed by atoms with Gasteiger partial charge in [-0.3, -0.25) is 0 Å². The molecule has 0 aliphatic carbocycles. The predicted molar refractivity (Wildman–Crippen MR) is 282 cm³/mol. The van der Waals surface area contributed by atoms with Gasteiger partial charge in [0.1, 0.15) is 34.2 Å². The standard InChI is InChI=1S/C42H39OP.C8H8O.C6H8N.C4H9N.Mo/c1-28-22-30(3)40(31(4)23-28)38-26-37(27-39(42(38)43)41-32(5)24-29(2)25-33(41)6)44(34-16-10-7-11-17-34,35-18-12-8-13-19-35)36-20-14-9-15-21-36;1-7-5-3-4-6-8(7)9-2;1-5-3-4-6(2)7-5;1-4(2,3)5;/h7-27H,1-6H3;1,3-6H,2H3;3-4H,1-2H3;1-3H3;/q;;-1;;/p+1. The Morgan fingerprint density at radius 1 is 0.515 bits per heavy atom. The molecule has 8 rings (SSSR count). The van der Waals surface area contributed by atoms with Crippen LogP contribution in [0.3, 0.4) is 0 Å². The van der Waals surface area contributed by atoms with Crippen LogP contribution in [0.15, 0.2) is 167 Å². The monoisotopic (exact) mass is 974 g/mol. The summed E-state index contributed by atoms with van der Waals surface area (Å²) >= 11 is -0.423. The van der Waals surface area contributed by atoms with Gasteiger partial charge in [0.05, 0.1) is 0 Å². The molecule has 0 bridgehead atoms. The van der Waals surface area contributed by atoms with Gasteiger partial charge in [-0.05, 0) is 123 Å². The van der Waals surface area contributed by atoms with Crippen LogP contribution >= 0.6 is 7.26 Å². The van der Waals surface area contributed by atoms with E-state index >= 15 is 0 Å². The molecule has 0 saturated carbocycles. The number of phenols is 1. The topological polar surface area (TPSA) is 55.9 Å². The van der Waals surface area contributed by atoms with Crippen molar-refractivity contribution in [2.75, 3.05) is 7.11 Å². The van der Waals surface area contributed by atoms with Crippen molar-refractivity contribution in [1.29, 1.82) is 0 Å². The SMILES string of the molecule is COc1ccccc1[CH]=[Mo]=[N]C(C)(C)C.Cc1cc(C)c(-c2cc([P+](c3ccccc3)(c3ccccc3)c3ccccc3)cc(-c3c(C)cc(C)cc3C)c2O)c(C)c1.Cc1ccc(C)[n-]1. The number of benzene rings is 7. The van der Waals surface area contributed by atoms with Crippen molar-refractivity contribution in [2.45, 2.75) is 81.7 Å². The number of phenolic OH excluding ortho intramolecular Hbond substituents is 1. The Morgan fingerprint density at radius 2 is 0.894 bits per heavy atom. The molecule has 8 aromatic rings. The summed E-state index contributed by atoms with van der Waals surface area (Å²) in [5.41, 5.74) is 14.6. The number of nitrogens with zero attached hydrogens (tertiary/aromatic N) is 2. The summed E-state index contributed by atoms with van der Waals surface area (Å²) in [5.74, 6) is 1.28. The summed E-state index contributed by atoms with van der Waals surface area (Å²) in [7, 11) is -0.708. The van der Waals surface area contributed by atoms with Gasteiger partial charge in [0.2, 0.25) is 0 Å². The van der Waals surface area contributed by atoms with Gasteiger partial charge in [-0.1, -0.05) is 116 Å². The van der Waals surface area contributed by atoms with Gasteiger partial charge < -0.3 is 10.1 Å². The Bertz CT molecular complexity index is 2720. The fourth-order valence-electron chi connectivity index (χ4n) is 8.85. The van der Waals surface area contributed by atoms with E-state index in [1.54, 1.807) is 7.11 Å². The van der Waals surface area contributed by atoms with Gasteiger partial charge in [-0.2, -0.15) is 11.4 Å². The van der Waals surface area contributed by atoms with Crippen molar-refractivity contribution < 1.29 is 27.8 Å². The molecule has 66 heavy (non-hydrogen) atoms. The van der Waals surface area contributed by atoms with Gasteiger partial charge in [0.15, 0.2) is 0 Å². The Morgan fingerprint density at radius 3 is 1.24 bits per heavy atom. The minimum absolute atomic E-state index is 0.0841. The predicted octanol–water partition coefficient (Wildman–Crippen LogP) is 13.4. The normalized spacial score (nSPS) is 11.1. The van der Waals surface area contributed by atoms with E-state index in [9.17, 15) is 5.11 Å². The van der Waals surface area contributed by atoms with Crippen molar-refractivity contribution in [1.82, 2.24) is 4.98 Å². The molecule has 0 saturated heterocycles. The summed E-state index contributed by atoms with van der Waals surface area (Å²) in [6.07, 6.45) is 0. The molecule has 0 spiro atoms. The summed E-state index contributed by atoms with van der Waals surface area (Å²) in [4.78, 5) is 4.11. The van der Waals surface area contributed by atoms with Gasteiger partial charge in [0, 0.05) is 11.1 Å². The number of para-hydroxylation sites is 1. The van der Waals surface area contributed by atoms with Crippen LogP contribution in [0, 0.1) is 55.4 Å². The third-order valence-electron chi connectivity index (χ3n) is 11.4. The van der Waals surface area contributed by atoms with Crippen molar-refractivity contribution in [3.05, 3.63) is 214 Å². The number of rotatable bonds is 8. The zero-order chi connectivity index (χ0) is 47.6. The van der Waals surface area contributed by atoms with E-state index < -0.39 is 25.2 Å². The minimum Gasteiger partial charge on any atom is -0.665 e. The number of aryl methyl sites for hydroxylation is 8. The van der Waals surface area contributed by atoms with Crippen molar-refractivity contribution >= 4 is 32.9 Å². The molecule has 0 amide bonds.